The topological polar surface area (TPSA) is 80.6 Å². The van der Waals surface area contributed by atoms with E-state index in [1.54, 1.807) is 6.20 Å². The van der Waals surface area contributed by atoms with Crippen LogP contribution in [0.15, 0.2) is 64.4 Å². The Morgan fingerprint density at radius 3 is 2.69 bits per heavy atom. The zero-order valence-electron chi connectivity index (χ0n) is 15.8. The number of hydrogen-bond donors (Lipinski definition) is 1. The Bertz CT molecular complexity index is 1530. The summed E-state index contributed by atoms with van der Waals surface area (Å²) >= 11 is 1.37. The molecule has 0 amide bonds. The van der Waals surface area contributed by atoms with Gasteiger partial charge in [0.15, 0.2) is 0 Å². The molecule has 1 N–H and O–H groups in total. The van der Waals surface area contributed by atoms with Crippen LogP contribution in [0.2, 0.25) is 0 Å². The fourth-order valence-electron chi connectivity index (χ4n) is 3.50. The van der Waals surface area contributed by atoms with Crippen LogP contribution in [0.25, 0.3) is 37.2 Å². The van der Waals surface area contributed by atoms with Crippen molar-refractivity contribution in [1.29, 1.82) is 0 Å². The number of nitrogens with zero attached hydrogens (tertiary/aromatic N) is 3. The molecule has 5 aromatic rings. The van der Waals surface area contributed by atoms with Crippen molar-refractivity contribution in [2.45, 2.75) is 13.8 Å². The Kier molecular flexibility index (Phi) is 3.92. The number of benzene rings is 1. The third kappa shape index (κ3) is 2.78. The Hall–Kier alpha value is -3.58. The molecule has 0 aliphatic rings. The molecule has 0 atom stereocenters. The Morgan fingerprint density at radius 2 is 1.86 bits per heavy atom. The van der Waals surface area contributed by atoms with Crippen molar-refractivity contribution in [3.63, 3.8) is 0 Å². The summed E-state index contributed by atoms with van der Waals surface area (Å²) in [6.45, 7) is 3.89. The van der Waals surface area contributed by atoms with Gasteiger partial charge in [0, 0.05) is 22.2 Å². The fraction of sp³-hybridized carbons (Fsp3) is 0.0909. The van der Waals surface area contributed by atoms with Crippen LogP contribution >= 0.6 is 11.3 Å². The number of aryl methyl sites for hydroxylation is 2. The van der Waals surface area contributed by atoms with Gasteiger partial charge in [0.25, 0.3) is 5.56 Å². The molecule has 0 aliphatic heterocycles. The number of thiophene rings is 1. The lowest BCUT2D eigenvalue weighted by atomic mass is 10.1. The zero-order valence-corrected chi connectivity index (χ0v) is 16.6. The second kappa shape index (κ2) is 6.49. The monoisotopic (exact) mass is 400 g/mol. The van der Waals surface area contributed by atoms with Gasteiger partial charge >= 0.3 is 5.69 Å². The van der Waals surface area contributed by atoms with Gasteiger partial charge in [-0.05, 0) is 43.2 Å². The second-order valence-corrected chi connectivity index (χ2v) is 7.97. The lowest BCUT2D eigenvalue weighted by Gasteiger charge is -2.08. The van der Waals surface area contributed by atoms with Crippen LogP contribution in [0.4, 0.5) is 0 Å². The molecule has 0 radical (unpaired) electrons. The summed E-state index contributed by atoms with van der Waals surface area (Å²) in [6.07, 6.45) is 3.18. The van der Waals surface area contributed by atoms with E-state index in [0.717, 1.165) is 31.7 Å². The molecule has 4 heterocycles. The summed E-state index contributed by atoms with van der Waals surface area (Å²) < 4.78 is 1.62. The summed E-state index contributed by atoms with van der Waals surface area (Å²) in [7, 11) is 0. The molecule has 0 fully saturated rings. The number of nitrogens with one attached hydrogen (secondary N) is 1. The minimum Gasteiger partial charge on any atom is -0.306 e. The van der Waals surface area contributed by atoms with Gasteiger partial charge in [0.05, 0.1) is 22.9 Å². The van der Waals surface area contributed by atoms with Gasteiger partial charge in [-0.2, -0.15) is 0 Å². The lowest BCUT2D eigenvalue weighted by molar-refractivity contribution is 0.902. The van der Waals surface area contributed by atoms with E-state index in [0.29, 0.717) is 21.4 Å². The van der Waals surface area contributed by atoms with Crippen LogP contribution in [0.5, 0.6) is 0 Å². The molecule has 1 aromatic carbocycles. The van der Waals surface area contributed by atoms with Gasteiger partial charge in [-0.3, -0.25) is 14.8 Å². The van der Waals surface area contributed by atoms with Crippen LogP contribution < -0.4 is 11.2 Å². The van der Waals surface area contributed by atoms with Gasteiger partial charge in [-0.25, -0.2) is 9.36 Å². The maximum atomic E-state index is 13.3. The molecular weight excluding hydrogens is 384 g/mol. The second-order valence-electron chi connectivity index (χ2n) is 6.92. The van der Waals surface area contributed by atoms with E-state index in [-0.39, 0.29) is 5.56 Å². The highest BCUT2D eigenvalue weighted by Crippen LogP contribution is 2.32. The lowest BCUT2D eigenvalue weighted by Crippen LogP contribution is -2.33. The van der Waals surface area contributed by atoms with Crippen molar-refractivity contribution in [1.82, 2.24) is 19.5 Å². The molecule has 7 heteroatoms. The van der Waals surface area contributed by atoms with E-state index in [1.807, 2.05) is 56.3 Å². The summed E-state index contributed by atoms with van der Waals surface area (Å²) in [5.74, 6) is 0. The summed E-state index contributed by atoms with van der Waals surface area (Å²) in [6, 6.07) is 13.6. The van der Waals surface area contributed by atoms with Gasteiger partial charge < -0.3 is 4.98 Å². The van der Waals surface area contributed by atoms with Crippen molar-refractivity contribution in [3.05, 3.63) is 87.0 Å². The Morgan fingerprint density at radius 1 is 1.03 bits per heavy atom. The predicted molar refractivity (Wildman–Crippen MR) is 116 cm³/mol. The summed E-state index contributed by atoms with van der Waals surface area (Å²) in [5, 5.41) is 0.770. The number of aromatic amines is 1. The summed E-state index contributed by atoms with van der Waals surface area (Å²) in [5.41, 5.74) is 3.57. The molecule has 0 aliphatic carbocycles. The highest BCUT2D eigenvalue weighted by atomic mass is 32.1. The van der Waals surface area contributed by atoms with Crippen LogP contribution in [0.1, 0.15) is 11.3 Å². The van der Waals surface area contributed by atoms with Crippen molar-refractivity contribution < 1.29 is 0 Å². The maximum Gasteiger partial charge on any atom is 0.333 e. The normalized spacial score (nSPS) is 11.4. The van der Waals surface area contributed by atoms with Gasteiger partial charge in [0.2, 0.25) is 0 Å². The number of hydrogen-bond acceptors (Lipinski definition) is 5. The first kappa shape index (κ1) is 17.5. The third-order valence-corrected chi connectivity index (χ3v) is 6.10. The quantitative estimate of drug-likeness (QED) is 0.486. The van der Waals surface area contributed by atoms with Gasteiger partial charge in [-0.1, -0.05) is 24.3 Å². The van der Waals surface area contributed by atoms with E-state index < -0.39 is 5.69 Å². The Labute approximate surface area is 169 Å². The van der Waals surface area contributed by atoms with Crippen molar-refractivity contribution in [2.24, 2.45) is 0 Å². The molecule has 0 saturated heterocycles. The van der Waals surface area contributed by atoms with E-state index in [4.69, 9.17) is 0 Å². The first-order chi connectivity index (χ1) is 14.0. The molecule has 4 aromatic heterocycles. The average Bonchev–Trinajstić information content (AvgIpc) is 3.12. The molecule has 5 rings (SSSR count). The van der Waals surface area contributed by atoms with Crippen LogP contribution in [-0.4, -0.2) is 19.5 Å². The number of rotatable bonds is 2. The molecule has 6 nitrogen and oxygen atoms in total. The minimum atomic E-state index is -0.505. The predicted octanol–water partition coefficient (Wildman–Crippen LogP) is 3.97. The van der Waals surface area contributed by atoms with E-state index in [9.17, 15) is 9.59 Å². The van der Waals surface area contributed by atoms with Crippen molar-refractivity contribution in [2.75, 3.05) is 0 Å². The third-order valence-electron chi connectivity index (χ3n) is 4.94. The average molecular weight is 400 g/mol. The molecular formula is C22H16N4O2S. The minimum absolute atomic E-state index is 0.369. The molecule has 142 valence electrons. The molecule has 0 saturated carbocycles. The molecule has 0 unspecified atom stereocenters. The maximum absolute atomic E-state index is 13.3. The number of H-pyrrole nitrogens is 1. The van der Waals surface area contributed by atoms with Crippen LogP contribution in [0.3, 0.4) is 0 Å². The van der Waals surface area contributed by atoms with Crippen molar-refractivity contribution in [3.8, 4) is 16.1 Å². The SMILES string of the molecule is Cc1ccc2cncc(-n3c(=O)[nH]c4cc(-c5ccccc5C)sc4c3=O)c2n1. The number of pyridine rings is 2. The Balaban J connectivity index is 1.81. The smallest absolute Gasteiger partial charge is 0.306 e. The molecule has 0 spiro atoms. The van der Waals surface area contributed by atoms with Gasteiger partial charge in [-0.15, -0.1) is 11.3 Å². The van der Waals surface area contributed by atoms with E-state index in [2.05, 4.69) is 15.0 Å². The summed E-state index contributed by atoms with van der Waals surface area (Å²) in [4.78, 5) is 38.7. The molecule has 29 heavy (non-hydrogen) atoms. The molecule has 0 bridgehead atoms. The standard InChI is InChI=1S/C22H16N4O2S/c1-12-5-3-4-6-15(12)18-9-16-20(29-18)21(27)26(22(28)25-16)17-11-23-10-14-8-7-13(2)24-19(14)17/h3-11H,1-2H3,(H,25,28). The van der Waals surface area contributed by atoms with E-state index >= 15 is 0 Å². The van der Waals surface area contributed by atoms with Crippen LogP contribution in [-0.2, 0) is 0 Å². The number of fused-ring (bicyclic) bond motifs is 2. The first-order valence-electron chi connectivity index (χ1n) is 9.09. The first-order valence-corrected chi connectivity index (χ1v) is 9.91. The van der Waals surface area contributed by atoms with Crippen LogP contribution in [0, 0.1) is 13.8 Å². The largest absolute Gasteiger partial charge is 0.333 e. The highest BCUT2D eigenvalue weighted by Gasteiger charge is 2.17. The van der Waals surface area contributed by atoms with Crippen molar-refractivity contribution >= 4 is 32.5 Å². The zero-order chi connectivity index (χ0) is 20.1. The number of aromatic nitrogens is 4. The van der Waals surface area contributed by atoms with Gasteiger partial charge in [0.1, 0.15) is 4.70 Å². The highest BCUT2D eigenvalue weighted by molar-refractivity contribution is 7.22. The van der Waals surface area contributed by atoms with E-state index in [1.165, 1.54) is 17.5 Å². The fourth-order valence-corrected chi connectivity index (χ4v) is 4.63.